The number of hydrogen-bond acceptors (Lipinski definition) is 3. The molecule has 2 aliphatic rings. The first-order chi connectivity index (χ1) is 10.1. The zero-order valence-corrected chi connectivity index (χ0v) is 11.8. The van der Waals surface area contributed by atoms with E-state index in [2.05, 4.69) is 10.2 Å². The summed E-state index contributed by atoms with van der Waals surface area (Å²) in [5, 5.41) is 3.30. The van der Waals surface area contributed by atoms with E-state index < -0.39 is 11.6 Å². The van der Waals surface area contributed by atoms with Crippen LogP contribution in [0.3, 0.4) is 0 Å². The minimum Gasteiger partial charge on any atom is -0.337 e. The van der Waals surface area contributed by atoms with Gasteiger partial charge in [0.15, 0.2) is 0 Å². The van der Waals surface area contributed by atoms with Gasteiger partial charge in [-0.2, -0.15) is 0 Å². The lowest BCUT2D eigenvalue weighted by atomic mass is 10.2. The Kier molecular flexibility index (Phi) is 4.17. The molecule has 0 radical (unpaired) electrons. The topological polar surface area (TPSA) is 35.6 Å². The minimum absolute atomic E-state index is 0.0912. The summed E-state index contributed by atoms with van der Waals surface area (Å²) >= 11 is 0. The van der Waals surface area contributed by atoms with E-state index in [1.54, 1.807) is 4.90 Å². The Hall–Kier alpha value is -1.53. The minimum atomic E-state index is -0.712. The molecule has 0 spiro atoms. The van der Waals surface area contributed by atoms with Crippen LogP contribution >= 0.6 is 0 Å². The van der Waals surface area contributed by atoms with E-state index in [0.29, 0.717) is 19.1 Å². The molecule has 1 aromatic rings. The van der Waals surface area contributed by atoms with Crippen molar-refractivity contribution in [1.29, 1.82) is 0 Å². The van der Waals surface area contributed by atoms with Crippen molar-refractivity contribution >= 4 is 5.91 Å². The van der Waals surface area contributed by atoms with Crippen molar-refractivity contribution in [1.82, 2.24) is 15.1 Å². The van der Waals surface area contributed by atoms with Gasteiger partial charge in [-0.05, 0) is 18.6 Å². The molecule has 2 heterocycles. The second kappa shape index (κ2) is 6.07. The van der Waals surface area contributed by atoms with Crippen molar-refractivity contribution < 1.29 is 13.6 Å². The molecule has 0 bridgehead atoms. The van der Waals surface area contributed by atoms with Gasteiger partial charge in [0, 0.05) is 56.9 Å². The smallest absolute Gasteiger partial charge is 0.254 e. The summed E-state index contributed by atoms with van der Waals surface area (Å²) in [7, 11) is 0. The lowest BCUT2D eigenvalue weighted by Gasteiger charge is -2.32. The van der Waals surface area contributed by atoms with E-state index in [1.165, 1.54) is 0 Å². The average Bonchev–Trinajstić information content (AvgIpc) is 2.96. The average molecular weight is 295 g/mol. The molecule has 1 N–H and O–H groups in total. The summed E-state index contributed by atoms with van der Waals surface area (Å²) in [4.78, 5) is 16.4. The number of hydrogen-bond donors (Lipinski definition) is 1. The second-order valence-electron chi connectivity index (χ2n) is 5.64. The summed E-state index contributed by atoms with van der Waals surface area (Å²) in [5.41, 5.74) is 0.0912. The highest BCUT2D eigenvalue weighted by molar-refractivity contribution is 5.94. The molecule has 1 unspecified atom stereocenters. The van der Waals surface area contributed by atoms with Gasteiger partial charge in [-0.15, -0.1) is 0 Å². The predicted octanol–water partition coefficient (Wildman–Crippen LogP) is 1.08. The van der Waals surface area contributed by atoms with E-state index in [-0.39, 0.29) is 11.5 Å². The van der Waals surface area contributed by atoms with Crippen molar-refractivity contribution in [2.24, 2.45) is 0 Å². The van der Waals surface area contributed by atoms with Crippen molar-refractivity contribution in [2.45, 2.75) is 12.5 Å². The molecule has 2 aliphatic heterocycles. The molecule has 1 aromatic carbocycles. The van der Waals surface area contributed by atoms with Crippen molar-refractivity contribution in [3.8, 4) is 0 Å². The summed E-state index contributed by atoms with van der Waals surface area (Å²) in [5.74, 6) is -1.71. The van der Waals surface area contributed by atoms with E-state index >= 15 is 0 Å². The molecule has 114 valence electrons. The summed E-state index contributed by atoms with van der Waals surface area (Å²) < 4.78 is 26.4. The molecule has 2 saturated heterocycles. The Labute approximate surface area is 122 Å². The maximum absolute atomic E-state index is 13.2. The van der Waals surface area contributed by atoms with Gasteiger partial charge in [0.1, 0.15) is 11.6 Å². The van der Waals surface area contributed by atoms with Gasteiger partial charge in [0.25, 0.3) is 5.91 Å². The fourth-order valence-corrected chi connectivity index (χ4v) is 3.13. The lowest BCUT2D eigenvalue weighted by Crippen LogP contribution is -2.49. The number of halogens is 2. The van der Waals surface area contributed by atoms with Crippen LogP contribution in [0, 0.1) is 11.6 Å². The molecule has 1 amide bonds. The number of carbonyl (C=O) groups is 1. The maximum atomic E-state index is 13.2. The molecule has 6 heteroatoms. The number of nitrogens with zero attached hydrogens (tertiary/aromatic N) is 2. The zero-order valence-electron chi connectivity index (χ0n) is 11.8. The molecule has 0 aromatic heterocycles. The highest BCUT2D eigenvalue weighted by atomic mass is 19.1. The van der Waals surface area contributed by atoms with Crippen LogP contribution in [0.2, 0.25) is 0 Å². The number of likely N-dealkylation sites (tertiary alicyclic amines) is 1. The van der Waals surface area contributed by atoms with Crippen LogP contribution in [0.15, 0.2) is 18.2 Å². The van der Waals surface area contributed by atoms with Crippen LogP contribution in [0.25, 0.3) is 0 Å². The normalized spacial score (nSPS) is 23.5. The number of nitrogens with one attached hydrogen (secondary N) is 1. The SMILES string of the molecule is O=C(c1cc(F)cc(F)c1)N1CCC(N2CCNCC2)C1. The molecular formula is C15H19F2N3O. The van der Waals surface area contributed by atoms with Crippen LogP contribution in [-0.2, 0) is 0 Å². The number of piperazine rings is 1. The highest BCUT2D eigenvalue weighted by Crippen LogP contribution is 2.19. The van der Waals surface area contributed by atoms with Crippen LogP contribution in [0.1, 0.15) is 16.8 Å². The third-order valence-corrected chi connectivity index (χ3v) is 4.23. The Bertz CT molecular complexity index is 511. The van der Waals surface area contributed by atoms with Crippen LogP contribution in [0.5, 0.6) is 0 Å². The monoisotopic (exact) mass is 295 g/mol. The molecule has 3 rings (SSSR count). The van der Waals surface area contributed by atoms with Crippen molar-refractivity contribution in [3.05, 3.63) is 35.4 Å². The van der Waals surface area contributed by atoms with Gasteiger partial charge in [0.2, 0.25) is 0 Å². The van der Waals surface area contributed by atoms with Gasteiger partial charge in [-0.1, -0.05) is 0 Å². The third-order valence-electron chi connectivity index (χ3n) is 4.23. The van der Waals surface area contributed by atoms with Crippen molar-refractivity contribution in [2.75, 3.05) is 39.3 Å². The van der Waals surface area contributed by atoms with Crippen molar-refractivity contribution in [3.63, 3.8) is 0 Å². The molecule has 21 heavy (non-hydrogen) atoms. The van der Waals surface area contributed by atoms with Gasteiger partial charge in [-0.3, -0.25) is 9.69 Å². The number of rotatable bonds is 2. The molecule has 1 atom stereocenters. The number of benzene rings is 1. The lowest BCUT2D eigenvalue weighted by molar-refractivity contribution is 0.0772. The quantitative estimate of drug-likeness (QED) is 0.887. The largest absolute Gasteiger partial charge is 0.337 e. The number of carbonyl (C=O) groups excluding carboxylic acids is 1. The van der Waals surface area contributed by atoms with Crippen LogP contribution < -0.4 is 5.32 Å². The number of amides is 1. The van der Waals surface area contributed by atoms with E-state index in [4.69, 9.17) is 0 Å². The van der Waals surface area contributed by atoms with E-state index in [0.717, 1.165) is 50.8 Å². The second-order valence-corrected chi connectivity index (χ2v) is 5.64. The first-order valence-corrected chi connectivity index (χ1v) is 7.33. The maximum Gasteiger partial charge on any atom is 0.254 e. The molecule has 0 saturated carbocycles. The summed E-state index contributed by atoms with van der Waals surface area (Å²) in [6, 6.07) is 3.34. The third kappa shape index (κ3) is 3.22. The first-order valence-electron chi connectivity index (χ1n) is 7.33. The fraction of sp³-hybridized carbons (Fsp3) is 0.533. The van der Waals surface area contributed by atoms with Gasteiger partial charge in [-0.25, -0.2) is 8.78 Å². The van der Waals surface area contributed by atoms with E-state index in [1.807, 2.05) is 0 Å². The Balaban J connectivity index is 1.66. The molecule has 0 aliphatic carbocycles. The highest BCUT2D eigenvalue weighted by Gasteiger charge is 2.31. The van der Waals surface area contributed by atoms with E-state index in [9.17, 15) is 13.6 Å². The van der Waals surface area contributed by atoms with Gasteiger partial charge < -0.3 is 10.2 Å². The van der Waals surface area contributed by atoms with Gasteiger partial charge in [0.05, 0.1) is 0 Å². The van der Waals surface area contributed by atoms with Crippen LogP contribution in [-0.4, -0.2) is 61.0 Å². The summed E-state index contributed by atoms with van der Waals surface area (Å²) in [6.45, 7) is 5.20. The molecule has 4 nitrogen and oxygen atoms in total. The Morgan fingerprint density at radius 3 is 2.43 bits per heavy atom. The van der Waals surface area contributed by atoms with Crippen LogP contribution in [0.4, 0.5) is 8.78 Å². The standard InChI is InChI=1S/C15H19F2N3O/c16-12-7-11(8-13(17)9-12)15(21)20-4-1-14(10-20)19-5-2-18-3-6-19/h7-9,14,18H,1-6,10H2. The zero-order chi connectivity index (χ0) is 14.8. The Morgan fingerprint density at radius 1 is 1.10 bits per heavy atom. The first kappa shape index (κ1) is 14.4. The predicted molar refractivity (Wildman–Crippen MR) is 75.1 cm³/mol. The molecule has 2 fully saturated rings. The summed E-state index contributed by atoms with van der Waals surface area (Å²) in [6.07, 6.45) is 0.920. The van der Waals surface area contributed by atoms with Gasteiger partial charge >= 0.3 is 0 Å². The Morgan fingerprint density at radius 2 is 1.76 bits per heavy atom. The molecular weight excluding hydrogens is 276 g/mol. The fourth-order valence-electron chi connectivity index (χ4n) is 3.13.